The van der Waals surface area contributed by atoms with Crippen molar-refractivity contribution in [2.45, 2.75) is 25.9 Å². The molecule has 0 saturated carbocycles. The number of pyridine rings is 2. The number of carbonyl (C=O) groups excluding carboxylic acids is 1. The Hall–Kier alpha value is -3.58. The highest BCUT2D eigenvalue weighted by molar-refractivity contribution is 5.92. The second kappa shape index (κ2) is 7.44. The lowest BCUT2D eigenvalue weighted by Gasteiger charge is -2.16. The van der Waals surface area contributed by atoms with Crippen LogP contribution in [0.1, 0.15) is 25.1 Å². The second-order valence-electron chi connectivity index (χ2n) is 7.39. The molecule has 29 heavy (non-hydrogen) atoms. The van der Waals surface area contributed by atoms with Gasteiger partial charge in [-0.1, -0.05) is 24.3 Å². The summed E-state index contributed by atoms with van der Waals surface area (Å²) in [5.74, 6) is -0.125. The van der Waals surface area contributed by atoms with Crippen LogP contribution in [0.4, 0.5) is 5.69 Å². The molecule has 0 bridgehead atoms. The van der Waals surface area contributed by atoms with E-state index < -0.39 is 5.60 Å². The van der Waals surface area contributed by atoms with Gasteiger partial charge in [-0.2, -0.15) is 5.10 Å². The molecule has 2 N–H and O–H groups in total. The number of hydrogen-bond donors (Lipinski definition) is 2. The first kappa shape index (κ1) is 18.8. The number of nitrogens with zero attached hydrogens (tertiary/aromatic N) is 4. The number of aliphatic hydroxyl groups is 1. The number of fused-ring (bicyclic) bond motifs is 1. The third-order valence-electron chi connectivity index (χ3n) is 4.61. The fourth-order valence-electron chi connectivity index (χ4n) is 3.03. The number of amides is 1. The van der Waals surface area contributed by atoms with Crippen molar-refractivity contribution < 1.29 is 9.90 Å². The van der Waals surface area contributed by atoms with Gasteiger partial charge < -0.3 is 10.4 Å². The summed E-state index contributed by atoms with van der Waals surface area (Å²) >= 11 is 0. The van der Waals surface area contributed by atoms with Crippen LogP contribution in [-0.2, 0) is 16.8 Å². The van der Waals surface area contributed by atoms with Crippen LogP contribution in [0.3, 0.4) is 0 Å². The molecule has 4 rings (SSSR count). The van der Waals surface area contributed by atoms with Crippen molar-refractivity contribution in [2.75, 3.05) is 5.32 Å². The number of rotatable bonds is 5. The van der Waals surface area contributed by atoms with Crippen LogP contribution in [0.2, 0.25) is 0 Å². The molecule has 0 spiro atoms. The number of carbonyl (C=O) groups is 1. The van der Waals surface area contributed by atoms with Crippen LogP contribution < -0.4 is 5.32 Å². The van der Waals surface area contributed by atoms with Crippen molar-refractivity contribution in [1.82, 2.24) is 19.6 Å². The zero-order chi connectivity index (χ0) is 20.4. The molecule has 3 aromatic heterocycles. The van der Waals surface area contributed by atoms with E-state index in [0.717, 1.165) is 22.3 Å². The van der Waals surface area contributed by atoms with Crippen LogP contribution in [0, 0.1) is 0 Å². The minimum absolute atomic E-state index is 0.125. The van der Waals surface area contributed by atoms with Gasteiger partial charge in [-0.05, 0) is 54.8 Å². The number of nitrogens with one attached hydrogen (secondary N) is 1. The van der Waals surface area contributed by atoms with Gasteiger partial charge in [-0.15, -0.1) is 0 Å². The molecule has 0 aliphatic rings. The highest BCUT2D eigenvalue weighted by Gasteiger charge is 2.17. The normalized spacial score (nSPS) is 11.6. The van der Waals surface area contributed by atoms with Crippen LogP contribution in [-0.4, -0.2) is 30.6 Å². The van der Waals surface area contributed by atoms with Gasteiger partial charge in [0, 0.05) is 6.20 Å². The maximum atomic E-state index is 12.3. The highest BCUT2D eigenvalue weighted by Crippen LogP contribution is 2.21. The van der Waals surface area contributed by atoms with Gasteiger partial charge >= 0.3 is 0 Å². The van der Waals surface area contributed by atoms with Crippen molar-refractivity contribution >= 4 is 17.2 Å². The Bertz CT molecular complexity index is 1140. The average molecular weight is 387 g/mol. The van der Waals surface area contributed by atoms with E-state index in [1.54, 1.807) is 36.7 Å². The summed E-state index contributed by atoms with van der Waals surface area (Å²) in [5, 5.41) is 16.9. The maximum Gasteiger partial charge on any atom is 0.228 e. The molecule has 0 radical (unpaired) electrons. The van der Waals surface area contributed by atoms with Crippen LogP contribution >= 0.6 is 0 Å². The lowest BCUT2D eigenvalue weighted by molar-refractivity contribution is -0.115. The monoisotopic (exact) mass is 387 g/mol. The molecule has 7 nitrogen and oxygen atoms in total. The van der Waals surface area contributed by atoms with E-state index in [1.165, 1.54) is 6.33 Å². The zero-order valence-corrected chi connectivity index (χ0v) is 16.2. The van der Waals surface area contributed by atoms with Crippen LogP contribution in [0.25, 0.3) is 16.8 Å². The molecule has 0 fully saturated rings. The van der Waals surface area contributed by atoms with Gasteiger partial charge in [-0.3, -0.25) is 9.78 Å². The predicted octanol–water partition coefficient (Wildman–Crippen LogP) is 3.20. The molecule has 0 unspecified atom stereocenters. The van der Waals surface area contributed by atoms with Crippen LogP contribution in [0.5, 0.6) is 0 Å². The lowest BCUT2D eigenvalue weighted by Crippen LogP contribution is -2.18. The molecule has 1 amide bonds. The quantitative estimate of drug-likeness (QED) is 0.549. The third kappa shape index (κ3) is 4.30. The van der Waals surface area contributed by atoms with E-state index in [2.05, 4.69) is 20.4 Å². The fraction of sp³-hybridized carbons (Fsp3) is 0.182. The summed E-state index contributed by atoms with van der Waals surface area (Å²) in [6.45, 7) is 3.34. The summed E-state index contributed by atoms with van der Waals surface area (Å²) < 4.78 is 1.71. The van der Waals surface area contributed by atoms with Crippen molar-refractivity contribution in [3.05, 3.63) is 78.5 Å². The SMILES string of the molecule is CC(C)(O)c1ccc(NC(=O)Cc2ccc(-c3ccn4ncnc4c3)cc2)cn1. The molecular formula is C22H21N5O2. The number of anilines is 1. The van der Waals surface area contributed by atoms with E-state index >= 15 is 0 Å². The molecule has 4 aromatic rings. The molecule has 0 aliphatic heterocycles. The van der Waals surface area contributed by atoms with E-state index in [1.807, 2.05) is 42.6 Å². The van der Waals surface area contributed by atoms with Crippen molar-refractivity contribution in [3.63, 3.8) is 0 Å². The Morgan fingerprint density at radius 2 is 1.86 bits per heavy atom. The minimum atomic E-state index is -1.01. The molecule has 0 atom stereocenters. The molecule has 146 valence electrons. The molecule has 1 aromatic carbocycles. The average Bonchev–Trinajstić information content (AvgIpc) is 3.16. The van der Waals surface area contributed by atoms with E-state index in [4.69, 9.17) is 0 Å². The first-order valence-corrected chi connectivity index (χ1v) is 9.26. The predicted molar refractivity (Wildman–Crippen MR) is 110 cm³/mol. The summed E-state index contributed by atoms with van der Waals surface area (Å²) in [6, 6.07) is 15.3. The Morgan fingerprint density at radius 3 is 2.55 bits per heavy atom. The molecule has 0 saturated heterocycles. The maximum absolute atomic E-state index is 12.3. The molecule has 7 heteroatoms. The van der Waals surface area contributed by atoms with Gasteiger partial charge in [0.25, 0.3) is 0 Å². The first-order chi connectivity index (χ1) is 13.9. The van der Waals surface area contributed by atoms with Crippen LogP contribution in [0.15, 0.2) is 67.3 Å². The molecule has 0 aliphatic carbocycles. The summed E-state index contributed by atoms with van der Waals surface area (Å²) in [7, 11) is 0. The third-order valence-corrected chi connectivity index (χ3v) is 4.61. The molecular weight excluding hydrogens is 366 g/mol. The van der Waals surface area contributed by atoms with Gasteiger partial charge in [-0.25, -0.2) is 9.50 Å². The minimum Gasteiger partial charge on any atom is -0.384 e. The van der Waals surface area contributed by atoms with E-state index in [0.29, 0.717) is 11.4 Å². The largest absolute Gasteiger partial charge is 0.384 e. The topological polar surface area (TPSA) is 92.4 Å². The zero-order valence-electron chi connectivity index (χ0n) is 16.2. The summed E-state index contributed by atoms with van der Waals surface area (Å²) in [4.78, 5) is 20.7. The standard InChI is InChI=1S/C22H21N5O2/c1-22(2,29)19-8-7-18(13-23-19)26-21(28)11-15-3-5-16(6-4-15)17-9-10-27-20(12-17)24-14-25-27/h3-10,12-14,29H,11H2,1-2H3,(H,26,28). The Kier molecular flexibility index (Phi) is 4.82. The van der Waals surface area contributed by atoms with E-state index in [-0.39, 0.29) is 12.3 Å². The summed E-state index contributed by atoms with van der Waals surface area (Å²) in [5.41, 5.74) is 3.93. The van der Waals surface area contributed by atoms with Gasteiger partial charge in [0.1, 0.15) is 11.9 Å². The Balaban J connectivity index is 1.41. The smallest absolute Gasteiger partial charge is 0.228 e. The highest BCUT2D eigenvalue weighted by atomic mass is 16.3. The summed E-state index contributed by atoms with van der Waals surface area (Å²) in [6.07, 6.45) is 5.20. The number of hydrogen-bond acceptors (Lipinski definition) is 5. The Labute approximate surface area is 168 Å². The lowest BCUT2D eigenvalue weighted by atomic mass is 10.0. The molecule has 3 heterocycles. The second-order valence-corrected chi connectivity index (χ2v) is 7.39. The number of aromatic nitrogens is 4. The van der Waals surface area contributed by atoms with E-state index in [9.17, 15) is 9.90 Å². The van der Waals surface area contributed by atoms with Crippen molar-refractivity contribution in [3.8, 4) is 11.1 Å². The first-order valence-electron chi connectivity index (χ1n) is 9.26. The van der Waals surface area contributed by atoms with Crippen molar-refractivity contribution in [1.29, 1.82) is 0 Å². The Morgan fingerprint density at radius 1 is 1.07 bits per heavy atom. The fourth-order valence-corrected chi connectivity index (χ4v) is 3.03. The van der Waals surface area contributed by atoms with Crippen molar-refractivity contribution in [2.24, 2.45) is 0 Å². The van der Waals surface area contributed by atoms with Gasteiger partial charge in [0.15, 0.2) is 5.65 Å². The van der Waals surface area contributed by atoms with Gasteiger partial charge in [0.2, 0.25) is 5.91 Å². The van der Waals surface area contributed by atoms with Gasteiger partial charge in [0.05, 0.1) is 24.0 Å². The number of benzene rings is 1.